The highest BCUT2D eigenvalue weighted by molar-refractivity contribution is 5.94. The molecular weight excluding hydrogens is 307 g/mol. The molecule has 3 rings (SSSR count). The van der Waals surface area contributed by atoms with Crippen molar-refractivity contribution in [3.63, 3.8) is 0 Å². The molecule has 0 bridgehead atoms. The van der Waals surface area contributed by atoms with Crippen LogP contribution in [0.1, 0.15) is 12.0 Å². The minimum absolute atomic E-state index is 0.0825. The summed E-state index contributed by atoms with van der Waals surface area (Å²) in [7, 11) is 0. The molecule has 1 N–H and O–H groups in total. The van der Waals surface area contributed by atoms with Crippen molar-refractivity contribution in [2.45, 2.75) is 19.0 Å². The zero-order valence-corrected chi connectivity index (χ0v) is 12.8. The predicted molar refractivity (Wildman–Crippen MR) is 81.5 cm³/mol. The fourth-order valence-corrected chi connectivity index (χ4v) is 3.35. The van der Waals surface area contributed by atoms with Gasteiger partial charge in [-0.05, 0) is 36.9 Å². The molecule has 7 heteroatoms. The van der Waals surface area contributed by atoms with Crippen LogP contribution in [0.4, 0.5) is 23.7 Å². The number of anilines is 1. The van der Waals surface area contributed by atoms with Gasteiger partial charge in [0, 0.05) is 25.3 Å². The topological polar surface area (TPSA) is 35.6 Å². The molecular formula is C16H20F3N3O. The maximum atomic E-state index is 12.4. The molecule has 2 heterocycles. The summed E-state index contributed by atoms with van der Waals surface area (Å²) in [5.74, 6) is 0.0825. The number of carbonyl (C=O) groups is 1. The number of likely N-dealkylation sites (tertiary alicyclic amines) is 1. The first-order valence-electron chi connectivity index (χ1n) is 7.85. The molecule has 0 spiro atoms. The first kappa shape index (κ1) is 16.1. The van der Waals surface area contributed by atoms with E-state index in [1.807, 2.05) is 24.3 Å². The number of nitrogens with one attached hydrogen (secondary N) is 1. The Bertz CT molecular complexity index is 576. The minimum atomic E-state index is -4.16. The lowest BCUT2D eigenvalue weighted by Crippen LogP contribution is -2.41. The molecule has 2 amide bonds. The summed E-state index contributed by atoms with van der Waals surface area (Å²) >= 11 is 0. The van der Waals surface area contributed by atoms with Crippen LogP contribution in [0.25, 0.3) is 0 Å². The van der Waals surface area contributed by atoms with Gasteiger partial charge in [-0.2, -0.15) is 13.2 Å². The van der Waals surface area contributed by atoms with E-state index in [1.54, 1.807) is 4.90 Å². The highest BCUT2D eigenvalue weighted by Crippen LogP contribution is 2.27. The maximum Gasteiger partial charge on any atom is 0.401 e. The third-order valence-electron chi connectivity index (χ3n) is 4.45. The predicted octanol–water partition coefficient (Wildman–Crippen LogP) is 2.64. The van der Waals surface area contributed by atoms with Gasteiger partial charge in [-0.15, -0.1) is 0 Å². The molecule has 1 unspecified atom stereocenters. The van der Waals surface area contributed by atoms with Gasteiger partial charge < -0.3 is 5.32 Å². The van der Waals surface area contributed by atoms with Crippen molar-refractivity contribution in [2.24, 2.45) is 5.92 Å². The number of hydrogen-bond acceptors (Lipinski definition) is 2. The van der Waals surface area contributed by atoms with E-state index in [1.165, 1.54) is 4.90 Å². The molecule has 0 saturated carbocycles. The Kier molecular flexibility index (Phi) is 4.48. The largest absolute Gasteiger partial charge is 0.401 e. The first-order chi connectivity index (χ1) is 10.9. The van der Waals surface area contributed by atoms with Crippen molar-refractivity contribution in [3.8, 4) is 0 Å². The smallest absolute Gasteiger partial charge is 0.337 e. The third kappa shape index (κ3) is 3.96. The molecule has 2 aliphatic rings. The van der Waals surface area contributed by atoms with Crippen LogP contribution < -0.4 is 10.2 Å². The Balaban J connectivity index is 1.47. The van der Waals surface area contributed by atoms with E-state index in [9.17, 15) is 18.0 Å². The summed E-state index contributed by atoms with van der Waals surface area (Å²) in [6.07, 6.45) is -2.63. The van der Waals surface area contributed by atoms with Crippen LogP contribution in [-0.2, 0) is 6.42 Å². The lowest BCUT2D eigenvalue weighted by Gasteiger charge is -2.20. The van der Waals surface area contributed by atoms with Crippen LogP contribution in [-0.4, -0.2) is 49.8 Å². The van der Waals surface area contributed by atoms with Gasteiger partial charge in [0.15, 0.2) is 0 Å². The van der Waals surface area contributed by atoms with Crippen LogP contribution in [0.3, 0.4) is 0 Å². The molecule has 1 fully saturated rings. The van der Waals surface area contributed by atoms with E-state index in [0.717, 1.165) is 17.7 Å². The number of alkyl halides is 3. The van der Waals surface area contributed by atoms with Gasteiger partial charge in [-0.25, -0.2) is 4.79 Å². The molecule has 2 aliphatic heterocycles. The lowest BCUT2D eigenvalue weighted by molar-refractivity contribution is -0.143. The zero-order chi connectivity index (χ0) is 16.4. The SMILES string of the molecule is O=C(NCC1CCN(CC(F)(F)F)C1)N1CCc2ccccc21. The average Bonchev–Trinajstić information content (AvgIpc) is 3.09. The summed E-state index contributed by atoms with van der Waals surface area (Å²) in [6.45, 7) is 1.03. The van der Waals surface area contributed by atoms with E-state index < -0.39 is 12.7 Å². The second-order valence-corrected chi connectivity index (χ2v) is 6.22. The van der Waals surface area contributed by atoms with Gasteiger partial charge in [0.1, 0.15) is 0 Å². The Morgan fingerprint density at radius 2 is 2.04 bits per heavy atom. The van der Waals surface area contributed by atoms with E-state index in [0.29, 0.717) is 32.6 Å². The van der Waals surface area contributed by atoms with E-state index in [-0.39, 0.29) is 11.9 Å². The summed E-state index contributed by atoms with van der Waals surface area (Å²) in [5.41, 5.74) is 2.08. The van der Waals surface area contributed by atoms with E-state index >= 15 is 0 Å². The molecule has 1 aromatic carbocycles. The second-order valence-electron chi connectivity index (χ2n) is 6.22. The average molecular weight is 327 g/mol. The number of benzene rings is 1. The third-order valence-corrected chi connectivity index (χ3v) is 4.45. The van der Waals surface area contributed by atoms with Gasteiger partial charge in [0.25, 0.3) is 0 Å². The van der Waals surface area contributed by atoms with Crippen molar-refractivity contribution in [3.05, 3.63) is 29.8 Å². The van der Waals surface area contributed by atoms with Crippen LogP contribution in [0.2, 0.25) is 0 Å². The Morgan fingerprint density at radius 3 is 2.83 bits per heavy atom. The monoisotopic (exact) mass is 327 g/mol. The number of rotatable bonds is 3. The molecule has 0 aromatic heterocycles. The Labute approximate surface area is 133 Å². The molecule has 126 valence electrons. The minimum Gasteiger partial charge on any atom is -0.337 e. The van der Waals surface area contributed by atoms with Crippen LogP contribution >= 0.6 is 0 Å². The Hall–Kier alpha value is -1.76. The van der Waals surface area contributed by atoms with Gasteiger partial charge in [-0.3, -0.25) is 9.80 Å². The number of carbonyl (C=O) groups excluding carboxylic acids is 1. The molecule has 4 nitrogen and oxygen atoms in total. The first-order valence-corrected chi connectivity index (χ1v) is 7.85. The molecule has 1 atom stereocenters. The van der Waals surface area contributed by atoms with Crippen molar-refractivity contribution in [2.75, 3.05) is 37.6 Å². The summed E-state index contributed by atoms with van der Waals surface area (Å²) in [5, 5.41) is 2.87. The van der Waals surface area contributed by atoms with Crippen LogP contribution in [0.15, 0.2) is 24.3 Å². The molecule has 0 radical (unpaired) electrons. The van der Waals surface area contributed by atoms with Crippen LogP contribution in [0, 0.1) is 5.92 Å². The Morgan fingerprint density at radius 1 is 1.26 bits per heavy atom. The number of amides is 2. The van der Waals surface area contributed by atoms with Crippen LogP contribution in [0.5, 0.6) is 0 Å². The number of para-hydroxylation sites is 1. The quantitative estimate of drug-likeness (QED) is 0.926. The standard InChI is InChI=1S/C16H20F3N3O/c17-16(18,19)11-21-7-5-12(10-21)9-20-15(23)22-8-6-13-3-1-2-4-14(13)22/h1-4,12H,5-11H2,(H,20,23). The fraction of sp³-hybridized carbons (Fsp3) is 0.562. The van der Waals surface area contributed by atoms with Gasteiger partial charge in [0.2, 0.25) is 0 Å². The number of urea groups is 1. The molecule has 1 saturated heterocycles. The highest BCUT2D eigenvalue weighted by atomic mass is 19.4. The fourth-order valence-electron chi connectivity index (χ4n) is 3.35. The normalized spacial score (nSPS) is 21.5. The van der Waals surface area contributed by atoms with E-state index in [4.69, 9.17) is 0 Å². The van der Waals surface area contributed by atoms with Crippen molar-refractivity contribution in [1.29, 1.82) is 0 Å². The number of nitrogens with zero attached hydrogens (tertiary/aromatic N) is 2. The second kappa shape index (κ2) is 6.39. The number of halogens is 3. The number of fused-ring (bicyclic) bond motifs is 1. The van der Waals surface area contributed by atoms with Crippen molar-refractivity contribution < 1.29 is 18.0 Å². The summed E-state index contributed by atoms with van der Waals surface area (Å²) < 4.78 is 37.1. The molecule has 1 aromatic rings. The van der Waals surface area contributed by atoms with E-state index in [2.05, 4.69) is 5.32 Å². The molecule has 23 heavy (non-hydrogen) atoms. The molecule has 0 aliphatic carbocycles. The summed E-state index contributed by atoms with van der Waals surface area (Å²) in [6, 6.07) is 7.62. The van der Waals surface area contributed by atoms with Gasteiger partial charge in [0.05, 0.1) is 6.54 Å². The van der Waals surface area contributed by atoms with Crippen molar-refractivity contribution in [1.82, 2.24) is 10.2 Å². The number of hydrogen-bond donors (Lipinski definition) is 1. The van der Waals surface area contributed by atoms with Gasteiger partial charge in [-0.1, -0.05) is 18.2 Å². The highest BCUT2D eigenvalue weighted by Gasteiger charge is 2.34. The maximum absolute atomic E-state index is 12.4. The zero-order valence-electron chi connectivity index (χ0n) is 12.8. The summed E-state index contributed by atoms with van der Waals surface area (Å²) in [4.78, 5) is 15.4. The lowest BCUT2D eigenvalue weighted by atomic mass is 10.1. The van der Waals surface area contributed by atoms with Crippen molar-refractivity contribution >= 4 is 11.7 Å². The van der Waals surface area contributed by atoms with Gasteiger partial charge >= 0.3 is 12.2 Å².